The summed E-state index contributed by atoms with van der Waals surface area (Å²) in [6.07, 6.45) is 3.02. The van der Waals surface area contributed by atoms with Crippen molar-refractivity contribution in [3.63, 3.8) is 0 Å². The molecular weight excluding hydrogens is 434 g/mol. The number of hydrogen-bond acceptors (Lipinski definition) is 6. The summed E-state index contributed by atoms with van der Waals surface area (Å²) < 4.78 is 0. The summed E-state index contributed by atoms with van der Waals surface area (Å²) in [6, 6.07) is 12.5. The Balaban J connectivity index is 1.97. The minimum atomic E-state index is -0.977. The summed E-state index contributed by atoms with van der Waals surface area (Å²) in [5.74, 6) is -2.25. The molecule has 0 aliphatic carbocycles. The van der Waals surface area contributed by atoms with Crippen LogP contribution < -0.4 is 4.90 Å². The van der Waals surface area contributed by atoms with Crippen LogP contribution in [0.15, 0.2) is 72.6 Å². The van der Waals surface area contributed by atoms with Gasteiger partial charge in [-0.3, -0.25) is 29.6 Å². The van der Waals surface area contributed by atoms with Gasteiger partial charge in [0.1, 0.15) is 5.76 Å². The third-order valence-corrected chi connectivity index (χ3v) is 5.46. The number of nitro benzene ring substituents is 1. The molecule has 160 valence electrons. The maximum Gasteiger partial charge on any atom is 0.300 e. The van der Waals surface area contributed by atoms with Gasteiger partial charge < -0.3 is 5.11 Å². The lowest BCUT2D eigenvalue weighted by Crippen LogP contribution is -2.30. The molecule has 0 bridgehead atoms. The topological polar surface area (TPSA) is 114 Å². The molecule has 9 heteroatoms. The molecule has 0 radical (unpaired) electrons. The maximum absolute atomic E-state index is 13.1. The first-order chi connectivity index (χ1) is 15.3. The Morgan fingerprint density at radius 2 is 1.84 bits per heavy atom. The lowest BCUT2D eigenvalue weighted by atomic mass is 9.95. The number of hydrogen-bond donors (Lipinski definition) is 1. The van der Waals surface area contributed by atoms with E-state index in [9.17, 15) is 24.8 Å². The molecule has 4 rings (SSSR count). The van der Waals surface area contributed by atoms with Gasteiger partial charge in [-0.05, 0) is 42.3 Å². The molecule has 1 saturated heterocycles. The fourth-order valence-electron chi connectivity index (χ4n) is 3.71. The van der Waals surface area contributed by atoms with Crippen molar-refractivity contribution in [2.75, 3.05) is 4.90 Å². The van der Waals surface area contributed by atoms with Crippen LogP contribution in [0.2, 0.25) is 5.02 Å². The summed E-state index contributed by atoms with van der Waals surface area (Å²) in [6.45, 7) is 1.77. The third kappa shape index (κ3) is 3.61. The summed E-state index contributed by atoms with van der Waals surface area (Å²) >= 11 is 6.16. The average Bonchev–Trinajstić information content (AvgIpc) is 3.06. The van der Waals surface area contributed by atoms with E-state index in [2.05, 4.69) is 4.98 Å². The average molecular weight is 450 g/mol. The van der Waals surface area contributed by atoms with Gasteiger partial charge >= 0.3 is 0 Å². The van der Waals surface area contributed by atoms with E-state index < -0.39 is 28.4 Å². The number of pyridine rings is 1. The van der Waals surface area contributed by atoms with E-state index in [1.165, 1.54) is 35.5 Å². The molecule has 1 amide bonds. The molecule has 32 heavy (non-hydrogen) atoms. The van der Waals surface area contributed by atoms with Crippen molar-refractivity contribution < 1.29 is 19.6 Å². The lowest BCUT2D eigenvalue weighted by molar-refractivity contribution is -0.384. The monoisotopic (exact) mass is 449 g/mol. The van der Waals surface area contributed by atoms with Crippen LogP contribution in [0.5, 0.6) is 0 Å². The number of carbonyl (C=O) groups is 2. The minimum Gasteiger partial charge on any atom is -0.507 e. The van der Waals surface area contributed by atoms with E-state index >= 15 is 0 Å². The largest absolute Gasteiger partial charge is 0.507 e. The molecule has 1 fully saturated rings. The highest BCUT2D eigenvalue weighted by molar-refractivity contribution is 6.52. The predicted octanol–water partition coefficient (Wildman–Crippen LogP) is 4.58. The normalized spacial score (nSPS) is 17.6. The van der Waals surface area contributed by atoms with Gasteiger partial charge in [0, 0.05) is 40.8 Å². The number of non-ortho nitro benzene ring substituents is 1. The number of aryl methyl sites for hydroxylation is 1. The van der Waals surface area contributed by atoms with Crippen molar-refractivity contribution in [1.82, 2.24) is 4.98 Å². The first-order valence-electron chi connectivity index (χ1n) is 9.51. The van der Waals surface area contributed by atoms with Crippen LogP contribution in [0.1, 0.15) is 22.7 Å². The lowest BCUT2D eigenvalue weighted by Gasteiger charge is -2.26. The van der Waals surface area contributed by atoms with Crippen molar-refractivity contribution in [1.29, 1.82) is 0 Å². The zero-order chi connectivity index (χ0) is 23.0. The standard InChI is InChI=1S/C23H16ClN3O5/c1-13-5-6-16(24)12-18(13)26-20(14-7-9-25-10-8-14)19(22(29)23(26)30)21(28)15-3-2-4-17(11-15)27(31)32/h2-12,20,28H,1H3/b21-19-. The number of anilines is 1. The number of aliphatic hydroxyl groups is 1. The van der Waals surface area contributed by atoms with E-state index in [1.54, 1.807) is 37.3 Å². The van der Waals surface area contributed by atoms with Gasteiger partial charge in [-0.1, -0.05) is 29.8 Å². The van der Waals surface area contributed by atoms with Gasteiger partial charge in [0.2, 0.25) is 0 Å². The summed E-state index contributed by atoms with van der Waals surface area (Å²) in [4.78, 5) is 42.1. The number of nitrogens with zero attached hydrogens (tertiary/aromatic N) is 3. The smallest absolute Gasteiger partial charge is 0.300 e. The molecule has 0 saturated carbocycles. The van der Waals surface area contributed by atoms with Gasteiger partial charge in [0.15, 0.2) is 0 Å². The van der Waals surface area contributed by atoms with E-state index in [1.807, 2.05) is 0 Å². The number of benzene rings is 2. The van der Waals surface area contributed by atoms with Crippen LogP contribution in [0.4, 0.5) is 11.4 Å². The fraction of sp³-hybridized carbons (Fsp3) is 0.0870. The number of rotatable bonds is 4. The molecule has 8 nitrogen and oxygen atoms in total. The number of Topliss-reactive ketones (excluding diaryl/α,β-unsaturated/α-hetero) is 1. The fourth-order valence-corrected chi connectivity index (χ4v) is 3.87. The van der Waals surface area contributed by atoms with Crippen LogP contribution >= 0.6 is 11.6 Å². The van der Waals surface area contributed by atoms with Gasteiger partial charge in [-0.2, -0.15) is 0 Å². The van der Waals surface area contributed by atoms with E-state index in [-0.39, 0.29) is 16.8 Å². The summed E-state index contributed by atoms with van der Waals surface area (Å²) in [5.41, 5.74) is 1.27. The number of carbonyl (C=O) groups excluding carboxylic acids is 2. The van der Waals surface area contributed by atoms with Crippen LogP contribution in [-0.4, -0.2) is 26.7 Å². The van der Waals surface area contributed by atoms with Crippen LogP contribution in [-0.2, 0) is 9.59 Å². The van der Waals surface area contributed by atoms with Gasteiger partial charge in [-0.15, -0.1) is 0 Å². The molecule has 1 atom stereocenters. The SMILES string of the molecule is Cc1ccc(Cl)cc1N1C(=O)C(=O)/C(=C(\O)c2cccc([N+](=O)[O-])c2)C1c1ccncc1. The highest BCUT2D eigenvalue weighted by Gasteiger charge is 2.47. The quantitative estimate of drug-likeness (QED) is 0.205. The van der Waals surface area contributed by atoms with E-state index in [0.717, 1.165) is 6.07 Å². The summed E-state index contributed by atoms with van der Waals surface area (Å²) in [7, 11) is 0. The Morgan fingerprint density at radius 1 is 1.12 bits per heavy atom. The van der Waals surface area contributed by atoms with Crippen molar-refractivity contribution in [2.45, 2.75) is 13.0 Å². The van der Waals surface area contributed by atoms with Gasteiger partial charge in [-0.25, -0.2) is 0 Å². The number of aliphatic hydroxyl groups excluding tert-OH is 1. The second-order valence-electron chi connectivity index (χ2n) is 7.19. The van der Waals surface area contributed by atoms with Crippen molar-refractivity contribution >= 4 is 40.4 Å². The number of aromatic nitrogens is 1. The van der Waals surface area contributed by atoms with Crippen LogP contribution in [0.25, 0.3) is 5.76 Å². The van der Waals surface area contributed by atoms with Crippen molar-refractivity contribution in [2.24, 2.45) is 0 Å². The molecule has 2 heterocycles. The van der Waals surface area contributed by atoms with Crippen LogP contribution in [0.3, 0.4) is 0 Å². The zero-order valence-electron chi connectivity index (χ0n) is 16.7. The number of amides is 1. The molecule has 1 aromatic heterocycles. The molecule has 3 aromatic rings. The van der Waals surface area contributed by atoms with Crippen molar-refractivity contribution in [3.05, 3.63) is 104 Å². The van der Waals surface area contributed by atoms with E-state index in [0.29, 0.717) is 21.8 Å². The number of nitro groups is 1. The predicted molar refractivity (Wildman–Crippen MR) is 118 cm³/mol. The molecule has 1 aliphatic rings. The molecule has 1 N–H and O–H groups in total. The molecule has 1 unspecified atom stereocenters. The van der Waals surface area contributed by atoms with Gasteiger partial charge in [0.25, 0.3) is 17.4 Å². The molecule has 2 aromatic carbocycles. The van der Waals surface area contributed by atoms with Crippen molar-refractivity contribution in [3.8, 4) is 0 Å². The first-order valence-corrected chi connectivity index (χ1v) is 9.89. The Bertz CT molecular complexity index is 1290. The second kappa shape index (κ2) is 8.24. The maximum atomic E-state index is 13.1. The third-order valence-electron chi connectivity index (χ3n) is 5.23. The highest BCUT2D eigenvalue weighted by atomic mass is 35.5. The Hall–Kier alpha value is -4.04. The molecule has 0 spiro atoms. The Morgan fingerprint density at radius 3 is 2.53 bits per heavy atom. The molecular formula is C23H16ClN3O5. The minimum absolute atomic E-state index is 0.0547. The van der Waals surface area contributed by atoms with Crippen LogP contribution in [0, 0.1) is 17.0 Å². The number of halogens is 1. The highest BCUT2D eigenvalue weighted by Crippen LogP contribution is 2.43. The van der Waals surface area contributed by atoms with Gasteiger partial charge in [0.05, 0.1) is 16.5 Å². The molecule has 1 aliphatic heterocycles. The summed E-state index contributed by atoms with van der Waals surface area (Å²) in [5, 5.41) is 22.6. The second-order valence-corrected chi connectivity index (χ2v) is 7.62. The van der Waals surface area contributed by atoms with E-state index in [4.69, 9.17) is 11.6 Å². The number of ketones is 1. The Kier molecular flexibility index (Phi) is 5.46. The Labute approximate surface area is 187 Å². The first kappa shape index (κ1) is 21.2. The zero-order valence-corrected chi connectivity index (χ0v) is 17.5.